The highest BCUT2D eigenvalue weighted by Crippen LogP contribution is 2.19. The molecule has 0 spiro atoms. The van der Waals surface area contributed by atoms with Gasteiger partial charge in [0.15, 0.2) is 5.96 Å². The van der Waals surface area contributed by atoms with Crippen LogP contribution in [0.4, 0.5) is 0 Å². The van der Waals surface area contributed by atoms with E-state index in [-0.39, 0.29) is 5.91 Å². The number of nitrogens with two attached hydrogens (primary N) is 1. The first-order valence-corrected chi connectivity index (χ1v) is 8.61. The topological polar surface area (TPSA) is 83.6 Å². The zero-order valence-corrected chi connectivity index (χ0v) is 14.2. The molecule has 0 bridgehead atoms. The number of rotatable bonds is 5. The van der Waals surface area contributed by atoms with Gasteiger partial charge in [0.25, 0.3) is 0 Å². The number of amides is 1. The summed E-state index contributed by atoms with van der Waals surface area (Å²) < 4.78 is 0. The number of aromatic nitrogens is 1. The van der Waals surface area contributed by atoms with E-state index < -0.39 is 0 Å². The molecular weight excluding hydrogens is 298 g/mol. The minimum atomic E-state index is -0.218. The molecule has 6 nitrogen and oxygen atoms in total. The third-order valence-electron chi connectivity index (χ3n) is 3.87. The van der Waals surface area contributed by atoms with Crippen molar-refractivity contribution in [3.05, 3.63) is 16.1 Å². The molecule has 1 aliphatic heterocycles. The molecule has 0 aromatic carbocycles. The Morgan fingerprint density at radius 3 is 3.09 bits per heavy atom. The zero-order valence-electron chi connectivity index (χ0n) is 13.3. The van der Waals surface area contributed by atoms with E-state index in [1.807, 2.05) is 6.20 Å². The molecule has 0 aliphatic carbocycles. The molecule has 1 amide bonds. The SMILES string of the molecule is CCc1cnc(CNC(=NC)N2CCCC(CC(N)=O)C2)s1. The molecular formula is C15H25N5OS. The highest BCUT2D eigenvalue weighted by atomic mass is 32.1. The second-order valence-electron chi connectivity index (χ2n) is 5.60. The summed E-state index contributed by atoms with van der Waals surface area (Å²) in [4.78, 5) is 23.4. The summed E-state index contributed by atoms with van der Waals surface area (Å²) in [7, 11) is 1.79. The second-order valence-corrected chi connectivity index (χ2v) is 6.80. The van der Waals surface area contributed by atoms with Gasteiger partial charge in [-0.05, 0) is 25.2 Å². The van der Waals surface area contributed by atoms with Crippen molar-refractivity contribution >= 4 is 23.2 Å². The maximum Gasteiger partial charge on any atom is 0.217 e. The number of carbonyl (C=O) groups is 1. The van der Waals surface area contributed by atoms with E-state index in [2.05, 4.69) is 27.1 Å². The summed E-state index contributed by atoms with van der Waals surface area (Å²) in [5.41, 5.74) is 5.32. The Labute approximate surface area is 135 Å². The van der Waals surface area contributed by atoms with Crippen LogP contribution in [0.1, 0.15) is 36.1 Å². The number of hydrogen-bond donors (Lipinski definition) is 2. The maximum atomic E-state index is 11.1. The summed E-state index contributed by atoms with van der Waals surface area (Å²) in [5, 5.41) is 4.45. The first-order valence-electron chi connectivity index (χ1n) is 7.79. The van der Waals surface area contributed by atoms with Gasteiger partial charge in [-0.15, -0.1) is 11.3 Å². The number of nitrogens with one attached hydrogen (secondary N) is 1. The molecule has 1 saturated heterocycles. The van der Waals surface area contributed by atoms with E-state index in [4.69, 9.17) is 5.73 Å². The fourth-order valence-corrected chi connectivity index (χ4v) is 3.59. The van der Waals surface area contributed by atoms with Crippen LogP contribution >= 0.6 is 11.3 Å². The van der Waals surface area contributed by atoms with Gasteiger partial charge in [0.2, 0.25) is 5.91 Å². The number of hydrogen-bond acceptors (Lipinski definition) is 4. The number of aryl methyl sites for hydroxylation is 1. The first-order chi connectivity index (χ1) is 10.6. The van der Waals surface area contributed by atoms with E-state index in [1.165, 1.54) is 4.88 Å². The highest BCUT2D eigenvalue weighted by molar-refractivity contribution is 7.11. The third-order valence-corrected chi connectivity index (χ3v) is 5.01. The zero-order chi connectivity index (χ0) is 15.9. The standard InChI is InChI=1S/C15H25N5OS/c1-3-12-8-18-14(22-12)9-19-15(17-2)20-6-4-5-11(10-20)7-13(16)21/h8,11H,3-7,9-10H2,1-2H3,(H2,16,21)(H,17,19). The Balaban J connectivity index is 1.89. The summed E-state index contributed by atoms with van der Waals surface area (Å²) in [6, 6.07) is 0. The molecule has 122 valence electrons. The minimum absolute atomic E-state index is 0.218. The van der Waals surface area contributed by atoms with E-state index in [0.717, 1.165) is 43.3 Å². The monoisotopic (exact) mass is 323 g/mol. The predicted molar refractivity (Wildman–Crippen MR) is 89.8 cm³/mol. The molecule has 1 aliphatic rings. The molecule has 1 aromatic heterocycles. The summed E-state index contributed by atoms with van der Waals surface area (Å²) >= 11 is 1.73. The molecule has 22 heavy (non-hydrogen) atoms. The lowest BCUT2D eigenvalue weighted by Crippen LogP contribution is -2.46. The Morgan fingerprint density at radius 1 is 1.64 bits per heavy atom. The molecule has 2 rings (SSSR count). The first kappa shape index (κ1) is 16.7. The third kappa shape index (κ3) is 4.69. The van der Waals surface area contributed by atoms with Crippen molar-refractivity contribution in [2.45, 2.75) is 39.2 Å². The van der Waals surface area contributed by atoms with Gasteiger partial charge in [0.1, 0.15) is 5.01 Å². The van der Waals surface area contributed by atoms with Gasteiger partial charge in [0.05, 0.1) is 6.54 Å². The number of aliphatic imine (C=N–C) groups is 1. The van der Waals surface area contributed by atoms with Crippen LogP contribution in [0.2, 0.25) is 0 Å². The van der Waals surface area contributed by atoms with Crippen molar-refractivity contribution in [3.63, 3.8) is 0 Å². The summed E-state index contributed by atoms with van der Waals surface area (Å²) in [6.07, 6.45) is 5.54. The number of carbonyl (C=O) groups excluding carboxylic acids is 1. The van der Waals surface area contributed by atoms with Crippen molar-refractivity contribution in [2.24, 2.45) is 16.6 Å². The van der Waals surface area contributed by atoms with Gasteiger partial charge < -0.3 is 16.0 Å². The maximum absolute atomic E-state index is 11.1. The molecule has 0 saturated carbocycles. The number of thiazole rings is 1. The lowest BCUT2D eigenvalue weighted by molar-refractivity contribution is -0.119. The Kier molecular flexibility index (Phi) is 6.18. The molecule has 0 radical (unpaired) electrons. The van der Waals surface area contributed by atoms with Crippen LogP contribution in [0.15, 0.2) is 11.2 Å². The number of primary amides is 1. The fraction of sp³-hybridized carbons (Fsp3) is 0.667. The van der Waals surface area contributed by atoms with Crippen LogP contribution in [-0.2, 0) is 17.8 Å². The van der Waals surface area contributed by atoms with E-state index >= 15 is 0 Å². The number of piperidine rings is 1. The van der Waals surface area contributed by atoms with Crippen molar-refractivity contribution in [2.75, 3.05) is 20.1 Å². The van der Waals surface area contributed by atoms with Gasteiger partial charge in [-0.25, -0.2) is 4.98 Å². The number of nitrogens with zero attached hydrogens (tertiary/aromatic N) is 3. The molecule has 2 heterocycles. The highest BCUT2D eigenvalue weighted by Gasteiger charge is 2.23. The molecule has 1 fully saturated rings. The van der Waals surface area contributed by atoms with Gasteiger partial charge in [-0.2, -0.15) is 0 Å². The average Bonchev–Trinajstić information content (AvgIpc) is 2.96. The van der Waals surface area contributed by atoms with Crippen LogP contribution in [0.5, 0.6) is 0 Å². The summed E-state index contributed by atoms with van der Waals surface area (Å²) in [5.74, 6) is 0.989. The van der Waals surface area contributed by atoms with Crippen LogP contribution in [0.3, 0.4) is 0 Å². The average molecular weight is 323 g/mol. The Morgan fingerprint density at radius 2 is 2.45 bits per heavy atom. The fourth-order valence-electron chi connectivity index (χ4n) is 2.79. The predicted octanol–water partition coefficient (Wildman–Crippen LogP) is 1.37. The van der Waals surface area contributed by atoms with Crippen molar-refractivity contribution in [1.82, 2.24) is 15.2 Å². The molecule has 1 aromatic rings. The van der Waals surface area contributed by atoms with E-state index in [1.54, 1.807) is 18.4 Å². The second kappa shape index (κ2) is 8.12. The number of likely N-dealkylation sites (tertiary alicyclic amines) is 1. The normalized spacial score (nSPS) is 19.3. The van der Waals surface area contributed by atoms with Crippen LogP contribution in [0, 0.1) is 5.92 Å². The quantitative estimate of drug-likeness (QED) is 0.633. The van der Waals surface area contributed by atoms with E-state index in [9.17, 15) is 4.79 Å². The lowest BCUT2D eigenvalue weighted by atomic mass is 9.95. The number of guanidine groups is 1. The van der Waals surface area contributed by atoms with Crippen LogP contribution < -0.4 is 11.1 Å². The molecule has 3 N–H and O–H groups in total. The van der Waals surface area contributed by atoms with Crippen molar-refractivity contribution in [3.8, 4) is 0 Å². The molecule has 7 heteroatoms. The molecule has 1 unspecified atom stereocenters. The van der Waals surface area contributed by atoms with Crippen LogP contribution in [-0.4, -0.2) is 41.9 Å². The molecule has 1 atom stereocenters. The van der Waals surface area contributed by atoms with E-state index in [0.29, 0.717) is 18.9 Å². The largest absolute Gasteiger partial charge is 0.370 e. The van der Waals surface area contributed by atoms with Crippen molar-refractivity contribution < 1.29 is 4.79 Å². The van der Waals surface area contributed by atoms with Gasteiger partial charge in [-0.1, -0.05) is 6.92 Å². The van der Waals surface area contributed by atoms with Gasteiger partial charge >= 0.3 is 0 Å². The minimum Gasteiger partial charge on any atom is -0.370 e. The Hall–Kier alpha value is -1.63. The van der Waals surface area contributed by atoms with Crippen LogP contribution in [0.25, 0.3) is 0 Å². The lowest BCUT2D eigenvalue weighted by Gasteiger charge is -2.34. The van der Waals surface area contributed by atoms with Gasteiger partial charge in [-0.3, -0.25) is 9.79 Å². The summed E-state index contributed by atoms with van der Waals surface area (Å²) in [6.45, 7) is 4.62. The van der Waals surface area contributed by atoms with Crippen molar-refractivity contribution in [1.29, 1.82) is 0 Å². The van der Waals surface area contributed by atoms with Gasteiger partial charge in [0, 0.05) is 37.6 Å². The smallest absolute Gasteiger partial charge is 0.217 e. The Bertz CT molecular complexity index is 528.